The van der Waals surface area contributed by atoms with Crippen LogP contribution in [0.25, 0.3) is 17.1 Å². The fraction of sp³-hybridized carbons (Fsp3) is 0.133. The number of nitrogens with zero attached hydrogens (tertiary/aromatic N) is 4. The van der Waals surface area contributed by atoms with Crippen molar-refractivity contribution in [3.05, 3.63) is 52.7 Å². The Hall–Kier alpha value is -2.54. The molecule has 0 aliphatic rings. The Kier molecular flexibility index (Phi) is 3.96. The average molecular weight is 337 g/mol. The highest BCUT2D eigenvalue weighted by atomic mass is 35.5. The molecule has 5 nitrogen and oxygen atoms in total. The molecule has 0 aliphatic heterocycles. The Morgan fingerprint density at radius 2 is 1.83 bits per heavy atom. The number of hydrogen-bond donors (Lipinski definition) is 0. The second kappa shape index (κ2) is 5.92. The molecular formula is C15H11ClF2N4O. The summed E-state index contributed by atoms with van der Waals surface area (Å²) in [7, 11) is 1.47. The lowest BCUT2D eigenvalue weighted by atomic mass is 10.1. The summed E-state index contributed by atoms with van der Waals surface area (Å²) in [6.07, 6.45) is 0. The van der Waals surface area contributed by atoms with Gasteiger partial charge in [-0.2, -0.15) is 9.67 Å². The van der Waals surface area contributed by atoms with E-state index in [2.05, 4.69) is 15.3 Å². The molecule has 0 amide bonds. The van der Waals surface area contributed by atoms with Gasteiger partial charge in [-0.3, -0.25) is 0 Å². The second-order valence-electron chi connectivity index (χ2n) is 4.69. The topological polar surface area (TPSA) is 52.8 Å². The quantitative estimate of drug-likeness (QED) is 0.733. The minimum absolute atomic E-state index is 0.0845. The summed E-state index contributed by atoms with van der Waals surface area (Å²) in [6, 6.07) is 6.79. The first kappa shape index (κ1) is 15.4. The summed E-state index contributed by atoms with van der Waals surface area (Å²) < 4.78 is 34.3. The molecular weight excluding hydrogens is 326 g/mol. The van der Waals surface area contributed by atoms with Gasteiger partial charge in [-0.1, -0.05) is 22.9 Å². The molecule has 8 heteroatoms. The minimum atomic E-state index is -0.718. The summed E-state index contributed by atoms with van der Waals surface area (Å²) in [5.41, 5.74) is 0.244. The lowest BCUT2D eigenvalue weighted by molar-refractivity contribution is 0.397. The zero-order valence-corrected chi connectivity index (χ0v) is 13.0. The number of pyridine rings is 1. The van der Waals surface area contributed by atoms with Gasteiger partial charge in [-0.25, -0.2) is 8.78 Å². The molecule has 0 radical (unpaired) electrons. The van der Waals surface area contributed by atoms with Gasteiger partial charge in [0.05, 0.1) is 23.4 Å². The number of ether oxygens (including phenoxy) is 1. The van der Waals surface area contributed by atoms with Crippen LogP contribution in [0, 0.1) is 18.6 Å². The lowest BCUT2D eigenvalue weighted by Crippen LogP contribution is -2.04. The van der Waals surface area contributed by atoms with E-state index in [9.17, 15) is 8.78 Å². The highest BCUT2D eigenvalue weighted by molar-refractivity contribution is 6.32. The van der Waals surface area contributed by atoms with Crippen LogP contribution in [0.4, 0.5) is 8.78 Å². The van der Waals surface area contributed by atoms with Gasteiger partial charge >= 0.3 is 0 Å². The summed E-state index contributed by atoms with van der Waals surface area (Å²) in [4.78, 5) is 4.19. The highest BCUT2D eigenvalue weighted by Gasteiger charge is 2.21. The van der Waals surface area contributed by atoms with Crippen molar-refractivity contribution >= 4 is 11.6 Å². The minimum Gasteiger partial charge on any atom is -0.481 e. The Morgan fingerprint density at radius 1 is 1.13 bits per heavy atom. The molecule has 0 saturated heterocycles. The van der Waals surface area contributed by atoms with Crippen LogP contribution < -0.4 is 4.74 Å². The Morgan fingerprint density at radius 3 is 2.48 bits per heavy atom. The van der Waals surface area contributed by atoms with E-state index in [1.54, 1.807) is 19.1 Å². The zero-order chi connectivity index (χ0) is 16.6. The van der Waals surface area contributed by atoms with Crippen molar-refractivity contribution in [1.82, 2.24) is 20.0 Å². The first-order valence-electron chi connectivity index (χ1n) is 6.60. The van der Waals surface area contributed by atoms with Crippen molar-refractivity contribution in [2.45, 2.75) is 6.92 Å². The van der Waals surface area contributed by atoms with E-state index >= 15 is 0 Å². The molecule has 23 heavy (non-hydrogen) atoms. The summed E-state index contributed by atoms with van der Waals surface area (Å²) in [6.45, 7) is 1.62. The van der Waals surface area contributed by atoms with Crippen LogP contribution >= 0.6 is 11.6 Å². The maximum absolute atomic E-state index is 13.9. The molecule has 3 rings (SSSR count). The number of aromatic nitrogens is 4. The predicted molar refractivity (Wildman–Crippen MR) is 80.8 cm³/mol. The fourth-order valence-electron chi connectivity index (χ4n) is 2.16. The van der Waals surface area contributed by atoms with E-state index in [0.717, 1.165) is 12.1 Å². The third-order valence-corrected chi connectivity index (χ3v) is 3.60. The van der Waals surface area contributed by atoms with Crippen molar-refractivity contribution < 1.29 is 13.5 Å². The normalized spacial score (nSPS) is 10.8. The smallest absolute Gasteiger partial charge is 0.215 e. The van der Waals surface area contributed by atoms with Crippen LogP contribution in [0.2, 0.25) is 5.02 Å². The molecule has 0 N–H and O–H groups in total. The maximum Gasteiger partial charge on any atom is 0.215 e. The first-order valence-corrected chi connectivity index (χ1v) is 6.98. The number of hydrogen-bond acceptors (Lipinski definition) is 4. The Labute approximate surface area is 135 Å². The molecule has 3 aromatic rings. The van der Waals surface area contributed by atoms with E-state index < -0.39 is 11.6 Å². The zero-order valence-electron chi connectivity index (χ0n) is 12.2. The van der Waals surface area contributed by atoms with Gasteiger partial charge in [-0.05, 0) is 25.1 Å². The van der Waals surface area contributed by atoms with E-state index in [0.29, 0.717) is 16.6 Å². The largest absolute Gasteiger partial charge is 0.481 e. The third-order valence-electron chi connectivity index (χ3n) is 3.31. The van der Waals surface area contributed by atoms with Crippen molar-refractivity contribution in [2.75, 3.05) is 7.11 Å². The van der Waals surface area contributed by atoms with Gasteiger partial charge in [0.2, 0.25) is 5.88 Å². The molecule has 0 fully saturated rings. The van der Waals surface area contributed by atoms with Gasteiger partial charge < -0.3 is 4.74 Å². The molecule has 0 spiro atoms. The Bertz CT molecular complexity index is 862. The molecule has 0 atom stereocenters. The number of halogens is 3. The molecule has 0 aliphatic carbocycles. The van der Waals surface area contributed by atoms with Gasteiger partial charge in [0, 0.05) is 6.07 Å². The summed E-state index contributed by atoms with van der Waals surface area (Å²) >= 11 is 6.12. The van der Waals surface area contributed by atoms with Crippen molar-refractivity contribution in [3.8, 4) is 23.0 Å². The average Bonchev–Trinajstić information content (AvgIpc) is 2.89. The fourth-order valence-corrected chi connectivity index (χ4v) is 2.35. The molecule has 1 aromatic carbocycles. The lowest BCUT2D eigenvalue weighted by Gasteiger charge is -2.07. The number of methoxy groups -OCH3 is 1. The SMILES string of the molecule is COc1ccc(Cl)c(-n2nnc(-c3c(F)cccc3F)c2C)n1. The van der Waals surface area contributed by atoms with Gasteiger partial charge in [0.1, 0.15) is 17.3 Å². The standard InChI is InChI=1S/C15H11ClF2N4O/c1-8-14(13-10(17)4-3-5-11(13)18)20-21-22(8)15-9(16)6-7-12(19-15)23-2/h3-7H,1-2H3. The highest BCUT2D eigenvalue weighted by Crippen LogP contribution is 2.29. The first-order chi connectivity index (χ1) is 11.0. The second-order valence-corrected chi connectivity index (χ2v) is 5.10. The van der Waals surface area contributed by atoms with Crippen LogP contribution in [-0.4, -0.2) is 27.1 Å². The number of rotatable bonds is 3. The van der Waals surface area contributed by atoms with Crippen LogP contribution in [0.1, 0.15) is 5.69 Å². The van der Waals surface area contributed by atoms with Crippen LogP contribution in [0.5, 0.6) is 5.88 Å². The molecule has 2 heterocycles. The van der Waals surface area contributed by atoms with E-state index in [1.165, 1.54) is 17.9 Å². The maximum atomic E-state index is 13.9. The molecule has 0 unspecified atom stereocenters. The van der Waals surface area contributed by atoms with Crippen LogP contribution in [0.3, 0.4) is 0 Å². The van der Waals surface area contributed by atoms with Crippen molar-refractivity contribution in [1.29, 1.82) is 0 Å². The predicted octanol–water partition coefficient (Wildman–Crippen LogP) is 3.58. The van der Waals surface area contributed by atoms with E-state index in [-0.39, 0.29) is 17.1 Å². The van der Waals surface area contributed by atoms with Gasteiger partial charge in [-0.15, -0.1) is 5.10 Å². The molecule has 0 bridgehead atoms. The summed E-state index contributed by atoms with van der Waals surface area (Å²) in [5.74, 6) is -0.841. The molecule has 2 aromatic heterocycles. The molecule has 118 valence electrons. The van der Waals surface area contributed by atoms with Crippen molar-refractivity contribution in [2.24, 2.45) is 0 Å². The van der Waals surface area contributed by atoms with Crippen LogP contribution in [0.15, 0.2) is 30.3 Å². The Balaban J connectivity index is 2.17. The van der Waals surface area contributed by atoms with Gasteiger partial charge in [0.25, 0.3) is 0 Å². The van der Waals surface area contributed by atoms with E-state index in [4.69, 9.17) is 16.3 Å². The molecule has 0 saturated carbocycles. The monoisotopic (exact) mass is 336 g/mol. The van der Waals surface area contributed by atoms with Crippen molar-refractivity contribution in [3.63, 3.8) is 0 Å². The van der Waals surface area contributed by atoms with Gasteiger partial charge in [0.15, 0.2) is 5.82 Å². The van der Waals surface area contributed by atoms with E-state index in [1.807, 2.05) is 0 Å². The summed E-state index contributed by atoms with van der Waals surface area (Å²) in [5, 5.41) is 8.09. The third kappa shape index (κ3) is 2.63. The number of benzene rings is 1. The van der Waals surface area contributed by atoms with Crippen LogP contribution in [-0.2, 0) is 0 Å².